The fraction of sp³-hybridized carbons (Fsp3) is 0.118. The van der Waals surface area contributed by atoms with E-state index in [1.165, 1.54) is 10.6 Å². The van der Waals surface area contributed by atoms with E-state index >= 15 is 0 Å². The molecule has 0 atom stereocenters. The summed E-state index contributed by atoms with van der Waals surface area (Å²) >= 11 is 0. The van der Waals surface area contributed by atoms with Crippen LogP contribution in [0.2, 0.25) is 0 Å². The average Bonchev–Trinajstić information content (AvgIpc) is 2.54. The molecule has 0 fully saturated rings. The van der Waals surface area contributed by atoms with E-state index in [0.29, 0.717) is 0 Å². The van der Waals surface area contributed by atoms with Crippen molar-refractivity contribution in [3.63, 3.8) is 0 Å². The number of aryl methyl sites for hydroxylation is 1. The van der Waals surface area contributed by atoms with Crippen molar-refractivity contribution >= 4 is 11.6 Å². The Morgan fingerprint density at radius 1 is 1.22 bits per heavy atom. The van der Waals surface area contributed by atoms with Gasteiger partial charge in [-0.25, -0.2) is 0 Å². The van der Waals surface area contributed by atoms with Gasteiger partial charge < -0.3 is 10.4 Å². The monoisotopic (exact) mass is 309 g/mol. The molecule has 6 nitrogen and oxygen atoms in total. The van der Waals surface area contributed by atoms with E-state index in [2.05, 4.69) is 10.3 Å². The van der Waals surface area contributed by atoms with Crippen LogP contribution in [0.5, 0.6) is 5.88 Å². The number of nitrogens with one attached hydrogen (secondary N) is 1. The summed E-state index contributed by atoms with van der Waals surface area (Å²) in [6.07, 6.45) is 1.50. The largest absolute Gasteiger partial charge is 0.493 e. The molecule has 1 amide bonds. The molecule has 6 heteroatoms. The highest BCUT2D eigenvalue weighted by Gasteiger charge is 2.19. The van der Waals surface area contributed by atoms with Gasteiger partial charge in [-0.3, -0.25) is 14.0 Å². The molecule has 0 aliphatic carbocycles. The third-order valence-electron chi connectivity index (χ3n) is 3.52. The second-order valence-corrected chi connectivity index (χ2v) is 5.21. The van der Waals surface area contributed by atoms with Crippen LogP contribution < -0.4 is 10.9 Å². The number of carbonyl (C=O) groups is 1. The fourth-order valence-corrected chi connectivity index (χ4v) is 2.25. The van der Waals surface area contributed by atoms with Gasteiger partial charge in [0.05, 0.1) is 0 Å². The molecule has 0 saturated heterocycles. The highest BCUT2D eigenvalue weighted by molar-refractivity contribution is 5.96. The lowest BCUT2D eigenvalue weighted by Crippen LogP contribution is -2.31. The van der Waals surface area contributed by atoms with Crippen molar-refractivity contribution in [3.8, 4) is 5.88 Å². The van der Waals surface area contributed by atoms with Gasteiger partial charge >= 0.3 is 0 Å². The maximum atomic E-state index is 12.3. The van der Waals surface area contributed by atoms with Crippen LogP contribution in [0.1, 0.15) is 21.5 Å². The smallest absolute Gasteiger partial charge is 0.274 e. The van der Waals surface area contributed by atoms with Crippen molar-refractivity contribution in [2.45, 2.75) is 13.5 Å². The van der Waals surface area contributed by atoms with E-state index in [0.717, 1.165) is 11.1 Å². The number of benzene rings is 1. The first-order valence-corrected chi connectivity index (χ1v) is 7.10. The minimum Gasteiger partial charge on any atom is -0.493 e. The molecule has 1 aromatic carbocycles. The Hall–Kier alpha value is -3.15. The normalized spacial score (nSPS) is 10.7. The van der Waals surface area contributed by atoms with Crippen LogP contribution in [-0.4, -0.2) is 20.4 Å². The summed E-state index contributed by atoms with van der Waals surface area (Å²) in [5, 5.41) is 12.5. The van der Waals surface area contributed by atoms with Gasteiger partial charge in [0.2, 0.25) is 5.88 Å². The van der Waals surface area contributed by atoms with Crippen molar-refractivity contribution in [1.82, 2.24) is 14.7 Å². The van der Waals surface area contributed by atoms with Gasteiger partial charge in [-0.15, -0.1) is 0 Å². The van der Waals surface area contributed by atoms with Crippen LogP contribution >= 0.6 is 0 Å². The predicted molar refractivity (Wildman–Crippen MR) is 85.5 cm³/mol. The van der Waals surface area contributed by atoms with Crippen LogP contribution in [0.3, 0.4) is 0 Å². The molecule has 0 aliphatic rings. The zero-order valence-electron chi connectivity index (χ0n) is 12.5. The van der Waals surface area contributed by atoms with E-state index in [1.807, 2.05) is 31.2 Å². The molecule has 116 valence electrons. The van der Waals surface area contributed by atoms with Crippen molar-refractivity contribution in [2.75, 3.05) is 0 Å². The second-order valence-electron chi connectivity index (χ2n) is 5.21. The zero-order chi connectivity index (χ0) is 16.4. The third-order valence-corrected chi connectivity index (χ3v) is 3.52. The lowest BCUT2D eigenvalue weighted by atomic mass is 10.1. The molecule has 0 aliphatic heterocycles. The first-order valence-electron chi connectivity index (χ1n) is 7.10. The molecule has 2 heterocycles. The van der Waals surface area contributed by atoms with Crippen LogP contribution in [0, 0.1) is 6.92 Å². The molecule has 3 rings (SSSR count). The number of rotatable bonds is 3. The molecular formula is C17H15N3O3. The second kappa shape index (κ2) is 5.92. The molecule has 23 heavy (non-hydrogen) atoms. The molecule has 0 radical (unpaired) electrons. The molecule has 0 unspecified atom stereocenters. The molecule has 0 bridgehead atoms. The number of carbonyl (C=O) groups excluding carboxylic acids is 1. The van der Waals surface area contributed by atoms with E-state index in [4.69, 9.17) is 0 Å². The molecule has 2 N–H and O–H groups in total. The Labute approximate surface area is 132 Å². The summed E-state index contributed by atoms with van der Waals surface area (Å²) in [6.45, 7) is 2.23. The van der Waals surface area contributed by atoms with Gasteiger partial charge in [0.15, 0.2) is 5.56 Å². The van der Waals surface area contributed by atoms with Gasteiger partial charge in [-0.2, -0.15) is 4.98 Å². The van der Waals surface area contributed by atoms with Crippen molar-refractivity contribution in [2.24, 2.45) is 0 Å². The van der Waals surface area contributed by atoms with Gasteiger partial charge in [0.25, 0.3) is 11.5 Å². The summed E-state index contributed by atoms with van der Waals surface area (Å²) in [5.41, 5.74) is 1.34. The topological polar surface area (TPSA) is 83.7 Å². The lowest BCUT2D eigenvalue weighted by molar-refractivity contribution is 0.0945. The van der Waals surface area contributed by atoms with Crippen molar-refractivity contribution < 1.29 is 9.90 Å². The predicted octanol–water partition coefficient (Wildman–Crippen LogP) is 1.64. The summed E-state index contributed by atoms with van der Waals surface area (Å²) in [5.74, 6) is -1.22. The van der Waals surface area contributed by atoms with Gasteiger partial charge in [-0.1, -0.05) is 35.9 Å². The standard InChI is InChI=1S/C17H15N3O3/c1-11-5-7-12(8-6-11)10-18-15(21)14-16(22)19-13-4-2-3-9-20(13)17(14)23/h2-9,22H,10H2,1H3,(H,18,21). The highest BCUT2D eigenvalue weighted by Crippen LogP contribution is 2.11. The average molecular weight is 309 g/mol. The van der Waals surface area contributed by atoms with E-state index in [-0.39, 0.29) is 17.8 Å². The van der Waals surface area contributed by atoms with Crippen molar-refractivity contribution in [1.29, 1.82) is 0 Å². The summed E-state index contributed by atoms with van der Waals surface area (Å²) in [6, 6.07) is 12.6. The summed E-state index contributed by atoms with van der Waals surface area (Å²) < 4.78 is 1.22. The Morgan fingerprint density at radius 3 is 2.70 bits per heavy atom. The first kappa shape index (κ1) is 14.8. The number of aromatic nitrogens is 2. The van der Waals surface area contributed by atoms with Crippen LogP contribution in [0.15, 0.2) is 53.5 Å². The lowest BCUT2D eigenvalue weighted by Gasteiger charge is -2.08. The highest BCUT2D eigenvalue weighted by atomic mass is 16.3. The molecule has 0 saturated carbocycles. The molecule has 0 spiro atoms. The van der Waals surface area contributed by atoms with Crippen LogP contribution in [-0.2, 0) is 6.54 Å². The van der Waals surface area contributed by atoms with E-state index < -0.39 is 17.3 Å². The Bertz CT molecular complexity index is 930. The summed E-state index contributed by atoms with van der Waals surface area (Å²) in [4.78, 5) is 28.5. The summed E-state index contributed by atoms with van der Waals surface area (Å²) in [7, 11) is 0. The van der Waals surface area contributed by atoms with Gasteiger partial charge in [0, 0.05) is 12.7 Å². The number of aromatic hydroxyl groups is 1. The molecule has 3 aromatic rings. The molecular weight excluding hydrogens is 294 g/mol. The zero-order valence-corrected chi connectivity index (χ0v) is 12.5. The minimum absolute atomic E-state index is 0.259. The van der Waals surface area contributed by atoms with Gasteiger partial charge in [0.1, 0.15) is 5.65 Å². The number of hydrogen-bond acceptors (Lipinski definition) is 4. The molecule has 2 aromatic heterocycles. The minimum atomic E-state index is -0.654. The fourth-order valence-electron chi connectivity index (χ4n) is 2.25. The Kier molecular flexibility index (Phi) is 3.80. The Balaban J connectivity index is 1.89. The van der Waals surface area contributed by atoms with Gasteiger partial charge in [-0.05, 0) is 24.6 Å². The first-order chi connectivity index (χ1) is 11.1. The van der Waals surface area contributed by atoms with Crippen molar-refractivity contribution in [3.05, 3.63) is 75.7 Å². The van der Waals surface area contributed by atoms with Crippen LogP contribution in [0.25, 0.3) is 5.65 Å². The Morgan fingerprint density at radius 2 is 1.96 bits per heavy atom. The number of nitrogens with zero attached hydrogens (tertiary/aromatic N) is 2. The van der Waals surface area contributed by atoms with E-state index in [1.54, 1.807) is 18.2 Å². The number of hydrogen-bond donors (Lipinski definition) is 2. The van der Waals surface area contributed by atoms with E-state index in [9.17, 15) is 14.7 Å². The van der Waals surface area contributed by atoms with Crippen LogP contribution in [0.4, 0.5) is 0 Å². The quantitative estimate of drug-likeness (QED) is 0.770. The third kappa shape index (κ3) is 2.91. The maximum Gasteiger partial charge on any atom is 0.274 e. The number of pyridine rings is 1. The maximum absolute atomic E-state index is 12.3. The number of amides is 1. The SMILES string of the molecule is Cc1ccc(CNC(=O)c2c(O)nc3ccccn3c2=O)cc1. The number of fused-ring (bicyclic) bond motifs is 1.